The van der Waals surface area contributed by atoms with Crippen molar-refractivity contribution in [1.82, 2.24) is 5.32 Å². The molecule has 3 heteroatoms. The summed E-state index contributed by atoms with van der Waals surface area (Å²) in [6.45, 7) is 12.2. The van der Waals surface area contributed by atoms with Crippen molar-refractivity contribution in [1.29, 1.82) is 0 Å². The summed E-state index contributed by atoms with van der Waals surface area (Å²) in [7, 11) is 4.16. The van der Waals surface area contributed by atoms with Gasteiger partial charge in [-0.2, -0.15) is 0 Å². The molecule has 0 bridgehead atoms. The summed E-state index contributed by atoms with van der Waals surface area (Å²) in [5, 5.41) is 3.65. The molecule has 1 fully saturated rings. The maximum atomic E-state index is 5.92. The number of hydrogen-bond acceptors (Lipinski definition) is 3. The molecule has 3 nitrogen and oxygen atoms in total. The first-order valence-corrected chi connectivity index (χ1v) is 9.89. The lowest BCUT2D eigenvalue weighted by atomic mass is 9.73. The third kappa shape index (κ3) is 6.31. The van der Waals surface area contributed by atoms with Crippen molar-refractivity contribution in [2.45, 2.75) is 59.1 Å². The first-order valence-electron chi connectivity index (χ1n) is 9.89. The van der Waals surface area contributed by atoms with E-state index in [2.05, 4.69) is 76.3 Å². The lowest BCUT2D eigenvalue weighted by molar-refractivity contribution is -0.0867. The van der Waals surface area contributed by atoms with Crippen LogP contribution in [0.4, 0.5) is 5.69 Å². The topological polar surface area (TPSA) is 24.5 Å². The molecule has 0 radical (unpaired) electrons. The number of hydrogen-bond donors (Lipinski definition) is 1. The van der Waals surface area contributed by atoms with Crippen LogP contribution < -0.4 is 10.2 Å². The highest BCUT2D eigenvalue weighted by Gasteiger charge is 2.34. The van der Waals surface area contributed by atoms with E-state index in [1.807, 2.05) is 0 Å². The van der Waals surface area contributed by atoms with Crippen molar-refractivity contribution in [3.63, 3.8) is 0 Å². The average molecular weight is 347 g/mol. The van der Waals surface area contributed by atoms with Gasteiger partial charge in [0.1, 0.15) is 0 Å². The maximum absolute atomic E-state index is 5.92. The molecule has 0 aromatic heterocycles. The lowest BCUT2D eigenvalue weighted by Gasteiger charge is -2.40. The number of nitrogens with zero attached hydrogens (tertiary/aromatic N) is 1. The van der Waals surface area contributed by atoms with Crippen molar-refractivity contribution in [3.05, 3.63) is 29.8 Å². The molecular weight excluding hydrogens is 308 g/mol. The van der Waals surface area contributed by atoms with Crippen LogP contribution in [-0.2, 0) is 11.3 Å². The molecule has 142 valence electrons. The van der Waals surface area contributed by atoms with Crippen LogP contribution in [0.3, 0.4) is 0 Å². The van der Waals surface area contributed by atoms with E-state index < -0.39 is 0 Å². The van der Waals surface area contributed by atoms with Crippen LogP contribution in [0.15, 0.2) is 24.3 Å². The Morgan fingerprint density at radius 3 is 2.44 bits per heavy atom. The number of anilines is 1. The second-order valence-corrected chi connectivity index (χ2v) is 8.80. The molecule has 1 heterocycles. The van der Waals surface area contributed by atoms with E-state index in [9.17, 15) is 0 Å². The highest BCUT2D eigenvalue weighted by molar-refractivity contribution is 5.45. The van der Waals surface area contributed by atoms with Crippen molar-refractivity contribution in [2.75, 3.05) is 32.1 Å². The van der Waals surface area contributed by atoms with Gasteiger partial charge in [0.2, 0.25) is 0 Å². The van der Waals surface area contributed by atoms with Gasteiger partial charge in [0, 0.05) is 32.9 Å². The average Bonchev–Trinajstić information content (AvgIpc) is 2.53. The molecule has 2 atom stereocenters. The zero-order valence-corrected chi connectivity index (χ0v) is 17.1. The predicted molar refractivity (Wildman–Crippen MR) is 108 cm³/mol. The molecule has 1 aromatic rings. The lowest BCUT2D eigenvalue weighted by Crippen LogP contribution is -2.38. The van der Waals surface area contributed by atoms with Crippen LogP contribution in [0.1, 0.15) is 52.5 Å². The van der Waals surface area contributed by atoms with Crippen molar-refractivity contribution in [2.24, 2.45) is 17.8 Å². The van der Waals surface area contributed by atoms with Gasteiger partial charge in [0.15, 0.2) is 0 Å². The van der Waals surface area contributed by atoms with Gasteiger partial charge in [-0.25, -0.2) is 0 Å². The monoisotopic (exact) mass is 346 g/mol. The molecular formula is C22H38N2O. The minimum atomic E-state index is 0.0532. The fourth-order valence-corrected chi connectivity index (χ4v) is 4.17. The minimum absolute atomic E-state index is 0.0532. The predicted octanol–water partition coefficient (Wildman–Crippen LogP) is 4.71. The Morgan fingerprint density at radius 2 is 1.88 bits per heavy atom. The van der Waals surface area contributed by atoms with Gasteiger partial charge < -0.3 is 15.0 Å². The summed E-state index contributed by atoms with van der Waals surface area (Å²) in [4.78, 5) is 2.14. The van der Waals surface area contributed by atoms with Crippen LogP contribution in [0.2, 0.25) is 0 Å². The van der Waals surface area contributed by atoms with Gasteiger partial charge in [-0.15, -0.1) is 0 Å². The van der Waals surface area contributed by atoms with Crippen LogP contribution in [0.5, 0.6) is 0 Å². The molecule has 2 rings (SSSR count). The molecule has 0 unspecified atom stereocenters. The molecule has 0 amide bonds. The largest absolute Gasteiger partial charge is 0.378 e. The first-order chi connectivity index (χ1) is 11.8. The smallest absolute Gasteiger partial charge is 0.0629 e. The summed E-state index contributed by atoms with van der Waals surface area (Å²) in [5.41, 5.74) is 2.67. The van der Waals surface area contributed by atoms with Gasteiger partial charge in [0.05, 0.1) is 5.60 Å². The quantitative estimate of drug-likeness (QED) is 0.690. The summed E-state index contributed by atoms with van der Waals surface area (Å²) in [5.74, 6) is 2.32. The molecule has 0 saturated carbocycles. The van der Waals surface area contributed by atoms with Crippen LogP contribution in [0.25, 0.3) is 0 Å². The fraction of sp³-hybridized carbons (Fsp3) is 0.727. The van der Waals surface area contributed by atoms with Crippen molar-refractivity contribution in [3.8, 4) is 0 Å². The zero-order valence-electron chi connectivity index (χ0n) is 17.1. The van der Waals surface area contributed by atoms with E-state index in [4.69, 9.17) is 4.74 Å². The van der Waals surface area contributed by atoms with Gasteiger partial charge in [-0.1, -0.05) is 26.0 Å². The van der Waals surface area contributed by atoms with Crippen molar-refractivity contribution >= 4 is 5.69 Å². The summed E-state index contributed by atoms with van der Waals surface area (Å²) >= 11 is 0. The third-order valence-electron chi connectivity index (χ3n) is 5.63. The summed E-state index contributed by atoms with van der Waals surface area (Å²) in [6, 6.07) is 8.84. The Bertz CT molecular complexity index is 507. The Hall–Kier alpha value is -1.06. The van der Waals surface area contributed by atoms with Crippen LogP contribution >= 0.6 is 0 Å². The molecule has 1 saturated heterocycles. The number of rotatable bonds is 8. The second-order valence-electron chi connectivity index (χ2n) is 8.80. The SMILES string of the molecule is CC(C)[C@H](CCNCc1ccc(N(C)C)cc1)[C@@H]1CCOC(C)(C)C1. The Morgan fingerprint density at radius 1 is 1.20 bits per heavy atom. The molecule has 1 N–H and O–H groups in total. The molecule has 1 aromatic carbocycles. The second kappa shape index (κ2) is 9.05. The van der Waals surface area contributed by atoms with E-state index in [0.29, 0.717) is 0 Å². The zero-order chi connectivity index (χ0) is 18.4. The van der Waals surface area contributed by atoms with Crippen LogP contribution in [0, 0.1) is 17.8 Å². The Labute approximate surface area is 155 Å². The normalized spacial score (nSPS) is 21.3. The highest BCUT2D eigenvalue weighted by atomic mass is 16.5. The van der Waals surface area contributed by atoms with Gasteiger partial charge in [0.25, 0.3) is 0 Å². The van der Waals surface area contributed by atoms with Gasteiger partial charge >= 0.3 is 0 Å². The fourth-order valence-electron chi connectivity index (χ4n) is 4.17. The first kappa shape index (κ1) is 20.3. The van der Waals surface area contributed by atoms with E-state index in [0.717, 1.165) is 37.5 Å². The van der Waals surface area contributed by atoms with Gasteiger partial charge in [-0.05, 0) is 75.1 Å². The van der Waals surface area contributed by atoms with Crippen molar-refractivity contribution < 1.29 is 4.74 Å². The van der Waals surface area contributed by atoms with E-state index >= 15 is 0 Å². The van der Waals surface area contributed by atoms with Gasteiger partial charge in [-0.3, -0.25) is 0 Å². The summed E-state index contributed by atoms with van der Waals surface area (Å²) < 4.78 is 5.92. The number of nitrogens with one attached hydrogen (secondary N) is 1. The van der Waals surface area contributed by atoms with E-state index in [1.54, 1.807) is 0 Å². The molecule has 1 aliphatic heterocycles. The Kier molecular flexibility index (Phi) is 7.33. The van der Waals surface area contributed by atoms with E-state index in [1.165, 1.54) is 30.5 Å². The standard InChI is InChI=1S/C22H38N2O/c1-17(2)21(19-12-14-25-22(3,4)15-19)11-13-23-16-18-7-9-20(10-8-18)24(5)6/h7-10,17,19,21,23H,11-16H2,1-6H3/t19-,21+/m1/s1. The number of ether oxygens (including phenoxy) is 1. The van der Waals surface area contributed by atoms with Crippen LogP contribution in [-0.4, -0.2) is 32.8 Å². The minimum Gasteiger partial charge on any atom is -0.378 e. The Balaban J connectivity index is 1.79. The molecule has 0 spiro atoms. The molecule has 0 aliphatic carbocycles. The molecule has 1 aliphatic rings. The summed E-state index contributed by atoms with van der Waals surface area (Å²) in [6.07, 6.45) is 3.67. The number of benzene rings is 1. The molecule has 25 heavy (non-hydrogen) atoms. The van der Waals surface area contributed by atoms with E-state index in [-0.39, 0.29) is 5.60 Å². The highest BCUT2D eigenvalue weighted by Crippen LogP contribution is 2.37. The maximum Gasteiger partial charge on any atom is 0.0629 e. The third-order valence-corrected chi connectivity index (χ3v) is 5.63.